The van der Waals surface area contributed by atoms with Crippen molar-refractivity contribution in [1.29, 1.82) is 0 Å². The molecule has 0 aliphatic carbocycles. The number of hydrogen-bond acceptors (Lipinski definition) is 4. The van der Waals surface area contributed by atoms with E-state index in [1.54, 1.807) is 13.1 Å². The van der Waals surface area contributed by atoms with Gasteiger partial charge in [-0.25, -0.2) is 4.79 Å². The number of carbonyl (C=O) groups is 1. The highest BCUT2D eigenvalue weighted by molar-refractivity contribution is 5.83. The molecule has 0 atom stereocenters. The molecule has 0 aliphatic rings. The second-order valence-corrected chi connectivity index (χ2v) is 4.14. The van der Waals surface area contributed by atoms with Crippen molar-refractivity contribution in [3.63, 3.8) is 0 Å². The van der Waals surface area contributed by atoms with Gasteiger partial charge in [0.25, 0.3) is 0 Å². The molecule has 0 bridgehead atoms. The largest absolute Gasteiger partial charge is 0.419 e. The van der Waals surface area contributed by atoms with Crippen molar-refractivity contribution in [3.05, 3.63) is 28.7 Å². The second kappa shape index (κ2) is 4.08. The zero-order valence-electron chi connectivity index (χ0n) is 10.1. The highest BCUT2D eigenvalue weighted by Gasteiger charge is 2.09. The van der Waals surface area contributed by atoms with Gasteiger partial charge in [-0.2, -0.15) is 0 Å². The number of rotatable bonds is 3. The third kappa shape index (κ3) is 2.08. The zero-order valence-corrected chi connectivity index (χ0v) is 10.1. The van der Waals surface area contributed by atoms with Crippen LogP contribution in [-0.4, -0.2) is 23.9 Å². The Morgan fingerprint density at radius 1 is 1.47 bits per heavy atom. The molecular formula is C12H14N2O3. The Bertz CT molecular complexity index is 624. The SMILES string of the molecule is CC(=O)CN(C)c1ccc2c(c1)oc(=O)n2C. The lowest BCUT2D eigenvalue weighted by Crippen LogP contribution is -2.23. The van der Waals surface area contributed by atoms with Crippen LogP contribution in [0.5, 0.6) is 0 Å². The van der Waals surface area contributed by atoms with Crippen LogP contribution in [0.1, 0.15) is 6.92 Å². The second-order valence-electron chi connectivity index (χ2n) is 4.14. The summed E-state index contributed by atoms with van der Waals surface area (Å²) < 4.78 is 6.54. The van der Waals surface area contributed by atoms with E-state index in [9.17, 15) is 9.59 Å². The van der Waals surface area contributed by atoms with E-state index >= 15 is 0 Å². The molecule has 5 heteroatoms. The molecule has 17 heavy (non-hydrogen) atoms. The Morgan fingerprint density at radius 2 is 2.18 bits per heavy atom. The molecule has 1 aromatic heterocycles. The number of aromatic nitrogens is 1. The number of fused-ring (bicyclic) bond motifs is 1. The molecule has 1 heterocycles. The molecule has 0 aliphatic heterocycles. The molecule has 0 radical (unpaired) electrons. The standard InChI is InChI=1S/C12H14N2O3/c1-8(15)7-13(2)9-4-5-10-11(6-9)17-12(16)14(10)3/h4-6H,7H2,1-3H3. The predicted molar refractivity (Wildman–Crippen MR) is 65.4 cm³/mol. The van der Waals surface area contributed by atoms with Gasteiger partial charge in [-0.1, -0.05) is 0 Å². The summed E-state index contributed by atoms with van der Waals surface area (Å²) in [6, 6.07) is 5.44. The van der Waals surface area contributed by atoms with E-state index in [1.165, 1.54) is 11.5 Å². The van der Waals surface area contributed by atoms with Crippen LogP contribution in [0, 0.1) is 0 Å². The van der Waals surface area contributed by atoms with E-state index in [0.717, 1.165) is 11.2 Å². The first-order valence-electron chi connectivity index (χ1n) is 5.29. The van der Waals surface area contributed by atoms with Crippen LogP contribution in [0.2, 0.25) is 0 Å². The molecule has 0 amide bonds. The molecule has 0 saturated carbocycles. The maximum absolute atomic E-state index is 11.3. The minimum absolute atomic E-state index is 0.0853. The summed E-state index contributed by atoms with van der Waals surface area (Å²) in [5.41, 5.74) is 2.13. The fraction of sp³-hybridized carbons (Fsp3) is 0.333. The van der Waals surface area contributed by atoms with E-state index in [0.29, 0.717) is 12.1 Å². The molecule has 1 aromatic carbocycles. The third-order valence-electron chi connectivity index (χ3n) is 2.68. The lowest BCUT2D eigenvalue weighted by Gasteiger charge is -2.17. The lowest BCUT2D eigenvalue weighted by molar-refractivity contribution is -0.115. The van der Waals surface area contributed by atoms with Crippen LogP contribution in [0.25, 0.3) is 11.1 Å². The van der Waals surface area contributed by atoms with Gasteiger partial charge in [0.05, 0.1) is 12.1 Å². The van der Waals surface area contributed by atoms with Gasteiger partial charge in [0.2, 0.25) is 0 Å². The Hall–Kier alpha value is -2.04. The van der Waals surface area contributed by atoms with E-state index < -0.39 is 0 Å². The van der Waals surface area contributed by atoms with Crippen LogP contribution in [-0.2, 0) is 11.8 Å². The quantitative estimate of drug-likeness (QED) is 0.799. The van der Waals surface area contributed by atoms with Crippen molar-refractivity contribution in [2.75, 3.05) is 18.5 Å². The predicted octanol–water partition coefficient (Wildman–Crippen LogP) is 1.16. The molecular weight excluding hydrogens is 220 g/mol. The van der Waals surface area contributed by atoms with Crippen LogP contribution in [0.15, 0.2) is 27.4 Å². The third-order valence-corrected chi connectivity index (χ3v) is 2.68. The van der Waals surface area contributed by atoms with Crippen LogP contribution < -0.4 is 10.7 Å². The Balaban J connectivity index is 2.44. The number of nitrogens with zero attached hydrogens (tertiary/aromatic N) is 2. The van der Waals surface area contributed by atoms with Crippen LogP contribution in [0.3, 0.4) is 0 Å². The number of carbonyl (C=O) groups excluding carboxylic acids is 1. The fourth-order valence-corrected chi connectivity index (χ4v) is 1.79. The molecule has 0 fully saturated rings. The van der Waals surface area contributed by atoms with Crippen molar-refractivity contribution in [1.82, 2.24) is 4.57 Å². The Kier molecular flexibility index (Phi) is 2.75. The highest BCUT2D eigenvalue weighted by Crippen LogP contribution is 2.20. The van der Waals surface area contributed by atoms with Crippen molar-refractivity contribution in [2.24, 2.45) is 7.05 Å². The van der Waals surface area contributed by atoms with Gasteiger partial charge < -0.3 is 9.32 Å². The molecule has 2 aromatic rings. The van der Waals surface area contributed by atoms with Gasteiger partial charge in [-0.15, -0.1) is 0 Å². The molecule has 2 rings (SSSR count). The summed E-state index contributed by atoms with van der Waals surface area (Å²) in [5, 5.41) is 0. The van der Waals surface area contributed by atoms with Crippen molar-refractivity contribution in [3.8, 4) is 0 Å². The zero-order chi connectivity index (χ0) is 12.6. The fourth-order valence-electron chi connectivity index (χ4n) is 1.79. The summed E-state index contributed by atoms with van der Waals surface area (Å²) >= 11 is 0. The van der Waals surface area contributed by atoms with Gasteiger partial charge >= 0.3 is 5.76 Å². The maximum atomic E-state index is 11.3. The molecule has 90 valence electrons. The van der Waals surface area contributed by atoms with Crippen molar-refractivity contribution < 1.29 is 9.21 Å². The molecule has 5 nitrogen and oxygen atoms in total. The van der Waals surface area contributed by atoms with Gasteiger partial charge in [-0.05, 0) is 19.1 Å². The number of hydrogen-bond donors (Lipinski definition) is 0. The molecule has 0 spiro atoms. The summed E-state index contributed by atoms with van der Waals surface area (Å²) in [5.74, 6) is -0.298. The smallest absolute Gasteiger partial charge is 0.408 e. The molecule has 0 saturated heterocycles. The first kappa shape index (κ1) is 11.4. The summed E-state index contributed by atoms with van der Waals surface area (Å²) in [6.45, 7) is 1.88. The lowest BCUT2D eigenvalue weighted by atomic mass is 10.2. The van der Waals surface area contributed by atoms with E-state index in [4.69, 9.17) is 4.42 Å². The number of ketones is 1. The monoisotopic (exact) mass is 234 g/mol. The van der Waals surface area contributed by atoms with E-state index in [-0.39, 0.29) is 11.5 Å². The van der Waals surface area contributed by atoms with Gasteiger partial charge in [0.1, 0.15) is 5.78 Å². The van der Waals surface area contributed by atoms with Gasteiger partial charge in [-0.3, -0.25) is 9.36 Å². The summed E-state index contributed by atoms with van der Waals surface area (Å²) in [4.78, 5) is 24.2. The van der Waals surface area contributed by atoms with Crippen molar-refractivity contribution in [2.45, 2.75) is 6.92 Å². The highest BCUT2D eigenvalue weighted by atomic mass is 16.4. The number of oxazole rings is 1. The minimum atomic E-state index is -0.383. The molecule has 0 N–H and O–H groups in total. The average molecular weight is 234 g/mol. The van der Waals surface area contributed by atoms with Crippen molar-refractivity contribution >= 4 is 22.6 Å². The summed E-state index contributed by atoms with van der Waals surface area (Å²) in [7, 11) is 3.48. The number of likely N-dealkylation sites (N-methyl/N-ethyl adjacent to an activating group) is 1. The number of benzene rings is 1. The summed E-state index contributed by atoms with van der Waals surface area (Å²) in [6.07, 6.45) is 0. The first-order chi connectivity index (χ1) is 7.99. The number of anilines is 1. The first-order valence-corrected chi connectivity index (χ1v) is 5.29. The Labute approximate surface area is 98.2 Å². The Morgan fingerprint density at radius 3 is 2.82 bits per heavy atom. The van der Waals surface area contributed by atoms with E-state index in [1.807, 2.05) is 24.1 Å². The van der Waals surface area contributed by atoms with Gasteiger partial charge in [0.15, 0.2) is 5.58 Å². The number of Topliss-reactive ketones (excluding diaryl/α,β-unsaturated/α-hetero) is 1. The van der Waals surface area contributed by atoms with Crippen LogP contribution in [0.4, 0.5) is 5.69 Å². The number of aryl methyl sites for hydroxylation is 1. The van der Waals surface area contributed by atoms with E-state index in [2.05, 4.69) is 0 Å². The normalized spacial score (nSPS) is 10.8. The molecule has 0 unspecified atom stereocenters. The van der Waals surface area contributed by atoms with Crippen LogP contribution >= 0.6 is 0 Å². The average Bonchev–Trinajstić information content (AvgIpc) is 2.53. The topological polar surface area (TPSA) is 55.5 Å². The maximum Gasteiger partial charge on any atom is 0.419 e. The minimum Gasteiger partial charge on any atom is -0.408 e. The van der Waals surface area contributed by atoms with Gasteiger partial charge in [0, 0.05) is 25.8 Å².